The van der Waals surface area contributed by atoms with Crippen LogP contribution in [0.5, 0.6) is 0 Å². The molecule has 2 heterocycles. The minimum absolute atomic E-state index is 0.864. The van der Waals surface area contributed by atoms with Crippen LogP contribution in [0.3, 0.4) is 0 Å². The number of hydrogen-bond donors (Lipinski definition) is 0. The highest BCUT2D eigenvalue weighted by Gasteiger charge is 2.21. The van der Waals surface area contributed by atoms with Crippen LogP contribution in [0.4, 0.5) is 17.1 Å². The molecule has 0 saturated heterocycles. The lowest BCUT2D eigenvalue weighted by atomic mass is 9.93. The Morgan fingerprint density at radius 1 is 0.347 bits per heavy atom. The van der Waals surface area contributed by atoms with Gasteiger partial charge in [-0.1, -0.05) is 115 Å². The van der Waals surface area contributed by atoms with Crippen molar-refractivity contribution in [2.24, 2.45) is 0 Å². The van der Waals surface area contributed by atoms with Gasteiger partial charge < -0.3 is 13.7 Å². The molecule has 0 unspecified atom stereocenters. The van der Waals surface area contributed by atoms with Gasteiger partial charge in [0.05, 0.1) is 11.1 Å². The van der Waals surface area contributed by atoms with Crippen LogP contribution in [0.2, 0.25) is 0 Å². The topological polar surface area (TPSA) is 29.5 Å². The molecule has 0 atom stereocenters. The third-order valence-corrected chi connectivity index (χ3v) is 9.66. The summed E-state index contributed by atoms with van der Waals surface area (Å²) in [6, 6.07) is 61.9. The van der Waals surface area contributed by atoms with Gasteiger partial charge >= 0.3 is 0 Å². The van der Waals surface area contributed by atoms with E-state index in [0.29, 0.717) is 0 Å². The van der Waals surface area contributed by atoms with Gasteiger partial charge in [0.15, 0.2) is 0 Å². The molecule has 0 aliphatic carbocycles. The van der Waals surface area contributed by atoms with Crippen molar-refractivity contribution in [2.75, 3.05) is 4.90 Å². The van der Waals surface area contributed by atoms with E-state index in [0.717, 1.165) is 88.4 Å². The highest BCUT2D eigenvalue weighted by Crippen LogP contribution is 2.46. The van der Waals surface area contributed by atoms with Crippen LogP contribution in [0.15, 0.2) is 185 Å². The Balaban J connectivity index is 1.15. The van der Waals surface area contributed by atoms with Crippen molar-refractivity contribution in [1.29, 1.82) is 0 Å². The van der Waals surface area contributed by atoms with E-state index in [4.69, 9.17) is 8.83 Å². The molecule has 0 N–H and O–H groups in total. The van der Waals surface area contributed by atoms with Gasteiger partial charge in [-0.15, -0.1) is 0 Å². The van der Waals surface area contributed by atoms with Crippen LogP contribution in [-0.2, 0) is 0 Å². The van der Waals surface area contributed by atoms with Gasteiger partial charge in [0.25, 0.3) is 0 Å². The quantitative estimate of drug-likeness (QED) is 0.190. The Labute approximate surface area is 282 Å². The zero-order valence-electron chi connectivity index (χ0n) is 26.5. The van der Waals surface area contributed by atoms with Crippen LogP contribution in [-0.4, -0.2) is 0 Å². The standard InChI is InChI=1S/C46H29NO2/c1-3-12-33(13-4-1)47(34-14-5-2-6-15-34)41-19-11-21-43-45(41)40-29-39(35-16-7-8-18-38(35)46(40)49-43)31-24-22-30(23-25-31)32-26-27-37-36-17-9-10-20-42(36)48-44(37)28-32/h1-29H. The summed E-state index contributed by atoms with van der Waals surface area (Å²) in [5.41, 5.74) is 11.4. The van der Waals surface area contributed by atoms with Crippen molar-refractivity contribution >= 4 is 71.7 Å². The molecule has 10 rings (SSSR count). The van der Waals surface area contributed by atoms with E-state index in [9.17, 15) is 0 Å². The molecule has 0 aliphatic heterocycles. The van der Waals surface area contributed by atoms with Crippen LogP contribution < -0.4 is 4.90 Å². The van der Waals surface area contributed by atoms with E-state index in [-0.39, 0.29) is 0 Å². The molecule has 0 aliphatic rings. The molecule has 8 aromatic carbocycles. The maximum Gasteiger partial charge on any atom is 0.143 e. The van der Waals surface area contributed by atoms with Gasteiger partial charge in [-0.2, -0.15) is 0 Å². The molecule has 2 aromatic heterocycles. The lowest BCUT2D eigenvalue weighted by Gasteiger charge is -2.26. The zero-order valence-corrected chi connectivity index (χ0v) is 26.5. The zero-order chi connectivity index (χ0) is 32.3. The minimum atomic E-state index is 0.864. The average Bonchev–Trinajstić information content (AvgIpc) is 3.74. The first kappa shape index (κ1) is 27.5. The highest BCUT2D eigenvalue weighted by atomic mass is 16.3. The number of benzene rings is 8. The molecular weight excluding hydrogens is 599 g/mol. The molecule has 0 fully saturated rings. The van der Waals surface area contributed by atoms with Crippen LogP contribution in [0.25, 0.3) is 76.9 Å². The van der Waals surface area contributed by atoms with Gasteiger partial charge in [-0.3, -0.25) is 0 Å². The Bertz CT molecular complexity index is 2770. The number of rotatable bonds is 5. The molecule has 0 bridgehead atoms. The maximum atomic E-state index is 6.72. The molecule has 0 amide bonds. The average molecular weight is 628 g/mol. The molecule has 0 saturated carbocycles. The van der Waals surface area contributed by atoms with E-state index in [1.165, 1.54) is 5.56 Å². The van der Waals surface area contributed by atoms with Crippen molar-refractivity contribution in [3.63, 3.8) is 0 Å². The largest absolute Gasteiger partial charge is 0.456 e. The second-order valence-corrected chi connectivity index (χ2v) is 12.5. The Morgan fingerprint density at radius 3 is 1.69 bits per heavy atom. The maximum absolute atomic E-state index is 6.72. The summed E-state index contributed by atoms with van der Waals surface area (Å²) >= 11 is 0. The van der Waals surface area contributed by atoms with E-state index in [2.05, 4.69) is 169 Å². The molecule has 230 valence electrons. The number of fused-ring (bicyclic) bond motifs is 8. The third-order valence-electron chi connectivity index (χ3n) is 9.66. The molecule has 0 radical (unpaired) electrons. The predicted molar refractivity (Wildman–Crippen MR) is 204 cm³/mol. The number of nitrogens with zero attached hydrogens (tertiary/aromatic N) is 1. The van der Waals surface area contributed by atoms with Gasteiger partial charge in [0.1, 0.15) is 22.3 Å². The Morgan fingerprint density at radius 2 is 0.939 bits per heavy atom. The SMILES string of the molecule is c1ccc(N(c2ccccc2)c2cccc3oc4c5ccccc5c(-c5ccc(-c6ccc7c(c6)oc6ccccc67)cc5)cc4c23)cc1. The van der Waals surface area contributed by atoms with Crippen LogP contribution in [0, 0.1) is 0 Å². The Hall–Kier alpha value is -6.58. The van der Waals surface area contributed by atoms with Crippen molar-refractivity contribution in [3.05, 3.63) is 176 Å². The van der Waals surface area contributed by atoms with Gasteiger partial charge in [-0.05, 0) is 88.3 Å². The van der Waals surface area contributed by atoms with Crippen molar-refractivity contribution in [3.8, 4) is 22.3 Å². The van der Waals surface area contributed by atoms with E-state index in [1.807, 2.05) is 12.1 Å². The summed E-state index contributed by atoms with van der Waals surface area (Å²) in [5.74, 6) is 0. The van der Waals surface area contributed by atoms with E-state index >= 15 is 0 Å². The number of furan rings is 2. The molecular formula is C46H29NO2. The van der Waals surface area contributed by atoms with Crippen LogP contribution >= 0.6 is 0 Å². The second kappa shape index (κ2) is 11.0. The number of hydrogen-bond acceptors (Lipinski definition) is 3. The van der Waals surface area contributed by atoms with E-state index < -0.39 is 0 Å². The summed E-state index contributed by atoms with van der Waals surface area (Å²) in [7, 11) is 0. The van der Waals surface area contributed by atoms with Crippen molar-refractivity contribution in [2.45, 2.75) is 0 Å². The summed E-state index contributed by atoms with van der Waals surface area (Å²) in [6.07, 6.45) is 0. The second-order valence-electron chi connectivity index (χ2n) is 12.5. The summed E-state index contributed by atoms with van der Waals surface area (Å²) in [4.78, 5) is 2.32. The fourth-order valence-electron chi connectivity index (χ4n) is 7.38. The number of para-hydroxylation sites is 3. The number of anilines is 3. The fourth-order valence-corrected chi connectivity index (χ4v) is 7.38. The predicted octanol–water partition coefficient (Wildman–Crippen LogP) is 13.4. The smallest absolute Gasteiger partial charge is 0.143 e. The van der Waals surface area contributed by atoms with E-state index in [1.54, 1.807) is 0 Å². The van der Waals surface area contributed by atoms with Gasteiger partial charge in [-0.25, -0.2) is 0 Å². The third kappa shape index (κ3) is 4.44. The minimum Gasteiger partial charge on any atom is -0.456 e. The summed E-state index contributed by atoms with van der Waals surface area (Å²) in [5, 5.41) is 6.73. The fraction of sp³-hybridized carbons (Fsp3) is 0. The Kier molecular flexibility index (Phi) is 6.18. The molecule has 3 nitrogen and oxygen atoms in total. The molecule has 0 spiro atoms. The normalized spacial score (nSPS) is 11.7. The lowest BCUT2D eigenvalue weighted by molar-refractivity contribution is 0.669. The van der Waals surface area contributed by atoms with Gasteiger partial charge in [0.2, 0.25) is 0 Å². The van der Waals surface area contributed by atoms with Crippen molar-refractivity contribution < 1.29 is 8.83 Å². The summed E-state index contributed by atoms with van der Waals surface area (Å²) in [6.45, 7) is 0. The van der Waals surface area contributed by atoms with Crippen LogP contribution in [0.1, 0.15) is 0 Å². The first-order valence-corrected chi connectivity index (χ1v) is 16.6. The van der Waals surface area contributed by atoms with Gasteiger partial charge in [0, 0.05) is 32.9 Å². The first-order valence-electron chi connectivity index (χ1n) is 16.6. The lowest BCUT2D eigenvalue weighted by Crippen LogP contribution is -2.09. The molecule has 10 aromatic rings. The molecule has 49 heavy (non-hydrogen) atoms. The highest BCUT2D eigenvalue weighted by molar-refractivity contribution is 6.22. The summed E-state index contributed by atoms with van der Waals surface area (Å²) < 4.78 is 12.9. The van der Waals surface area contributed by atoms with Crippen molar-refractivity contribution in [1.82, 2.24) is 0 Å². The first-order chi connectivity index (χ1) is 24.3. The molecule has 3 heteroatoms. The monoisotopic (exact) mass is 627 g/mol.